The van der Waals surface area contributed by atoms with Crippen molar-refractivity contribution in [1.29, 1.82) is 0 Å². The molecule has 0 N–H and O–H groups in total. The van der Waals surface area contributed by atoms with E-state index in [0.29, 0.717) is 12.5 Å². The van der Waals surface area contributed by atoms with Crippen LogP contribution in [0.3, 0.4) is 0 Å². The molecule has 1 aliphatic heterocycles. The van der Waals surface area contributed by atoms with E-state index >= 15 is 0 Å². The lowest BCUT2D eigenvalue weighted by Crippen LogP contribution is -2.34. The van der Waals surface area contributed by atoms with Gasteiger partial charge in [0, 0.05) is 6.08 Å². The molecule has 2 rings (SSSR count). The molecule has 5 heteroatoms. The van der Waals surface area contributed by atoms with Gasteiger partial charge in [-0.15, -0.1) is 0 Å². The number of hydrogen-bond acceptors (Lipinski definition) is 5. The largest absolute Gasteiger partial charge is 0.494 e. The Morgan fingerprint density at radius 2 is 1.92 bits per heavy atom. The molecule has 0 aliphatic carbocycles. The van der Waals surface area contributed by atoms with E-state index in [2.05, 4.69) is 13.8 Å². The molecular weight excluding hydrogens is 320 g/mol. The first kappa shape index (κ1) is 18.6. The first-order chi connectivity index (χ1) is 11.9. The lowest BCUT2D eigenvalue weighted by Gasteiger charge is -2.15. The molecule has 1 aromatic carbocycles. The molecule has 0 saturated heterocycles. The van der Waals surface area contributed by atoms with E-state index in [-0.39, 0.29) is 5.76 Å². The van der Waals surface area contributed by atoms with Gasteiger partial charge in [-0.05, 0) is 43.0 Å². The standard InChI is InChI=1S/C20H22O5/c1-13(2)10-11-24-16-7-4-15(5-8-16)6-9-17(21)19-18(22)12-14(3)25-20(19)23/h4-9,12-13,19H,10-11H2,1-3H3/b9-6+. The van der Waals surface area contributed by atoms with Crippen LogP contribution in [-0.2, 0) is 19.1 Å². The Morgan fingerprint density at radius 3 is 2.52 bits per heavy atom. The summed E-state index contributed by atoms with van der Waals surface area (Å²) in [5, 5.41) is 0. The number of benzene rings is 1. The van der Waals surface area contributed by atoms with Crippen molar-refractivity contribution in [3.8, 4) is 5.75 Å². The summed E-state index contributed by atoms with van der Waals surface area (Å²) in [5.41, 5.74) is 0.771. The van der Waals surface area contributed by atoms with Gasteiger partial charge in [-0.1, -0.05) is 32.1 Å². The van der Waals surface area contributed by atoms with Crippen LogP contribution in [-0.4, -0.2) is 24.1 Å². The fraction of sp³-hybridized carbons (Fsp3) is 0.350. The summed E-state index contributed by atoms with van der Waals surface area (Å²) in [4.78, 5) is 35.6. The van der Waals surface area contributed by atoms with E-state index in [0.717, 1.165) is 17.7 Å². The van der Waals surface area contributed by atoms with E-state index in [9.17, 15) is 14.4 Å². The number of cyclic esters (lactones) is 1. The summed E-state index contributed by atoms with van der Waals surface area (Å²) in [6.07, 6.45) is 4.94. The van der Waals surface area contributed by atoms with Gasteiger partial charge in [-0.3, -0.25) is 14.4 Å². The predicted octanol–water partition coefficient (Wildman–Crippen LogP) is 3.34. The van der Waals surface area contributed by atoms with Crippen LogP contribution >= 0.6 is 0 Å². The topological polar surface area (TPSA) is 69.7 Å². The Labute approximate surface area is 147 Å². The van der Waals surface area contributed by atoms with Crippen molar-refractivity contribution >= 4 is 23.6 Å². The third kappa shape index (κ3) is 5.41. The number of hydrogen-bond donors (Lipinski definition) is 0. The molecule has 25 heavy (non-hydrogen) atoms. The van der Waals surface area contributed by atoms with Crippen molar-refractivity contribution in [1.82, 2.24) is 0 Å². The quantitative estimate of drug-likeness (QED) is 0.432. The number of ether oxygens (including phenoxy) is 2. The highest BCUT2D eigenvalue weighted by Gasteiger charge is 2.36. The minimum Gasteiger partial charge on any atom is -0.494 e. The summed E-state index contributed by atoms with van der Waals surface area (Å²) < 4.78 is 10.5. The number of rotatable bonds is 7. The molecule has 132 valence electrons. The monoisotopic (exact) mass is 342 g/mol. The van der Waals surface area contributed by atoms with Gasteiger partial charge in [0.15, 0.2) is 17.5 Å². The summed E-state index contributed by atoms with van der Waals surface area (Å²) >= 11 is 0. The van der Waals surface area contributed by atoms with Gasteiger partial charge < -0.3 is 9.47 Å². The normalized spacial score (nSPS) is 17.6. The van der Waals surface area contributed by atoms with Crippen molar-refractivity contribution in [2.45, 2.75) is 27.2 Å². The minimum atomic E-state index is -1.40. The Bertz CT molecular complexity index is 710. The molecule has 1 heterocycles. The van der Waals surface area contributed by atoms with E-state index in [1.54, 1.807) is 18.2 Å². The van der Waals surface area contributed by atoms with Gasteiger partial charge in [0.1, 0.15) is 11.5 Å². The van der Waals surface area contributed by atoms with Crippen molar-refractivity contribution in [2.24, 2.45) is 11.8 Å². The molecular formula is C20H22O5. The second-order valence-electron chi connectivity index (χ2n) is 6.35. The second-order valence-corrected chi connectivity index (χ2v) is 6.35. The summed E-state index contributed by atoms with van der Waals surface area (Å²) in [6, 6.07) is 7.24. The van der Waals surface area contributed by atoms with Crippen LogP contribution in [0.15, 0.2) is 42.2 Å². The predicted molar refractivity (Wildman–Crippen MR) is 93.8 cm³/mol. The second kappa shape index (κ2) is 8.42. The lowest BCUT2D eigenvalue weighted by atomic mass is 9.96. The highest BCUT2D eigenvalue weighted by atomic mass is 16.5. The SMILES string of the molecule is CC1=CC(=O)C(C(=O)/C=C/c2ccc(OCCC(C)C)cc2)C(=O)O1. The molecule has 0 fully saturated rings. The van der Waals surface area contributed by atoms with E-state index in [4.69, 9.17) is 9.47 Å². The molecule has 0 saturated carbocycles. The van der Waals surface area contributed by atoms with Crippen LogP contribution in [0.1, 0.15) is 32.8 Å². The summed E-state index contributed by atoms with van der Waals surface area (Å²) in [6.45, 7) is 6.43. The van der Waals surface area contributed by atoms with Crippen LogP contribution in [0.2, 0.25) is 0 Å². The summed E-state index contributed by atoms with van der Waals surface area (Å²) in [7, 11) is 0. The van der Waals surface area contributed by atoms with Gasteiger partial charge >= 0.3 is 5.97 Å². The van der Waals surface area contributed by atoms with Gasteiger partial charge in [0.2, 0.25) is 0 Å². The number of esters is 1. The maximum atomic E-state index is 12.1. The fourth-order valence-electron chi connectivity index (χ4n) is 2.27. The zero-order valence-electron chi connectivity index (χ0n) is 14.7. The number of ketones is 2. The van der Waals surface area contributed by atoms with Crippen LogP contribution in [0.25, 0.3) is 6.08 Å². The molecule has 0 amide bonds. The van der Waals surface area contributed by atoms with Crippen LogP contribution in [0, 0.1) is 11.8 Å². The third-order valence-corrected chi connectivity index (χ3v) is 3.70. The first-order valence-electron chi connectivity index (χ1n) is 8.25. The average molecular weight is 342 g/mol. The maximum absolute atomic E-state index is 12.1. The number of allylic oxidation sites excluding steroid dienone is 3. The van der Waals surface area contributed by atoms with Crippen LogP contribution < -0.4 is 4.74 Å². The van der Waals surface area contributed by atoms with Crippen molar-refractivity contribution in [2.75, 3.05) is 6.61 Å². The van der Waals surface area contributed by atoms with E-state index < -0.39 is 23.5 Å². The van der Waals surface area contributed by atoms with Crippen molar-refractivity contribution in [3.05, 3.63) is 47.7 Å². The molecule has 1 aliphatic rings. The van der Waals surface area contributed by atoms with Crippen molar-refractivity contribution in [3.63, 3.8) is 0 Å². The summed E-state index contributed by atoms with van der Waals surface area (Å²) in [5.74, 6) is -1.81. The van der Waals surface area contributed by atoms with Gasteiger partial charge in [0.05, 0.1) is 6.61 Å². The molecule has 5 nitrogen and oxygen atoms in total. The highest BCUT2D eigenvalue weighted by Crippen LogP contribution is 2.18. The molecule has 1 aromatic rings. The fourth-order valence-corrected chi connectivity index (χ4v) is 2.27. The molecule has 1 atom stereocenters. The first-order valence-corrected chi connectivity index (χ1v) is 8.25. The molecule has 0 spiro atoms. The van der Waals surface area contributed by atoms with E-state index in [1.807, 2.05) is 12.1 Å². The van der Waals surface area contributed by atoms with Crippen LogP contribution in [0.4, 0.5) is 0 Å². The third-order valence-electron chi connectivity index (χ3n) is 3.70. The molecule has 0 radical (unpaired) electrons. The Hall–Kier alpha value is -2.69. The van der Waals surface area contributed by atoms with Crippen LogP contribution in [0.5, 0.6) is 5.75 Å². The van der Waals surface area contributed by atoms with Crippen molar-refractivity contribution < 1.29 is 23.9 Å². The molecule has 0 aromatic heterocycles. The van der Waals surface area contributed by atoms with Gasteiger partial charge in [-0.25, -0.2) is 0 Å². The van der Waals surface area contributed by atoms with E-state index in [1.165, 1.54) is 19.1 Å². The smallest absolute Gasteiger partial charge is 0.329 e. The number of carbonyl (C=O) groups excluding carboxylic acids is 3. The highest BCUT2D eigenvalue weighted by molar-refractivity contribution is 6.25. The maximum Gasteiger partial charge on any atom is 0.329 e. The average Bonchev–Trinajstić information content (AvgIpc) is 2.53. The van der Waals surface area contributed by atoms with Gasteiger partial charge in [0.25, 0.3) is 0 Å². The molecule has 0 bridgehead atoms. The van der Waals surface area contributed by atoms with Gasteiger partial charge in [-0.2, -0.15) is 0 Å². The zero-order valence-corrected chi connectivity index (χ0v) is 14.7. The molecule has 1 unspecified atom stereocenters. The lowest BCUT2D eigenvalue weighted by molar-refractivity contribution is -0.151. The minimum absolute atomic E-state index is 0.205. The number of carbonyl (C=O) groups is 3. The zero-order chi connectivity index (χ0) is 18.4. The Kier molecular flexibility index (Phi) is 6.28. The Balaban J connectivity index is 1.96. The Morgan fingerprint density at radius 1 is 1.24 bits per heavy atom.